The molecule has 0 aliphatic rings. The lowest BCUT2D eigenvalue weighted by Crippen LogP contribution is -2.12. The highest BCUT2D eigenvalue weighted by Gasteiger charge is 2.10. The second-order valence-electron chi connectivity index (χ2n) is 5.73. The number of rotatable bonds is 4. The normalized spacial score (nSPS) is 11.0. The highest BCUT2D eigenvalue weighted by molar-refractivity contribution is 6.04. The van der Waals surface area contributed by atoms with E-state index in [2.05, 4.69) is 30.7 Å². The molecule has 0 atom stereocenters. The topological polar surface area (TPSA) is 127 Å². The van der Waals surface area contributed by atoms with Crippen molar-refractivity contribution < 1.29 is 4.79 Å². The van der Waals surface area contributed by atoms with Gasteiger partial charge in [-0.05, 0) is 43.3 Å². The summed E-state index contributed by atoms with van der Waals surface area (Å²) >= 11 is 0. The van der Waals surface area contributed by atoms with Gasteiger partial charge >= 0.3 is 0 Å². The lowest BCUT2D eigenvalue weighted by molar-refractivity contribution is 0.102. The summed E-state index contributed by atoms with van der Waals surface area (Å²) in [4.78, 5) is 16.8. The summed E-state index contributed by atoms with van der Waals surface area (Å²) in [6, 6.07) is 10.8. The van der Waals surface area contributed by atoms with Gasteiger partial charge in [-0.15, -0.1) is 10.2 Å². The van der Waals surface area contributed by atoms with E-state index in [0.29, 0.717) is 35.1 Å². The predicted molar refractivity (Wildman–Crippen MR) is 95.4 cm³/mol. The van der Waals surface area contributed by atoms with Gasteiger partial charge in [0.25, 0.3) is 5.91 Å². The molecule has 0 radical (unpaired) electrons. The van der Waals surface area contributed by atoms with Crippen molar-refractivity contribution in [1.82, 2.24) is 29.8 Å². The first-order chi connectivity index (χ1) is 12.6. The van der Waals surface area contributed by atoms with Gasteiger partial charge in [-0.25, -0.2) is 4.98 Å². The maximum absolute atomic E-state index is 12.5. The Morgan fingerprint density at radius 3 is 2.73 bits per heavy atom. The fourth-order valence-electron chi connectivity index (χ4n) is 2.56. The molecule has 9 heteroatoms. The number of aromatic amines is 1. The molecule has 130 valence electrons. The Morgan fingerprint density at radius 1 is 1.19 bits per heavy atom. The number of amides is 1. The standard InChI is InChI=1S/C17H16N8O/c1-10-21-23-15-7-4-12(9-25(10)15)17(26)19-13-5-2-11(3-6-13)16-20-14(8-18)22-24-16/h2-7,9H,8,18H2,1H3,(H,19,26)(H,20,22,24). The minimum atomic E-state index is -0.212. The zero-order chi connectivity index (χ0) is 18.1. The van der Waals surface area contributed by atoms with Gasteiger partial charge in [-0.2, -0.15) is 5.10 Å². The van der Waals surface area contributed by atoms with E-state index in [9.17, 15) is 4.79 Å². The van der Waals surface area contributed by atoms with E-state index in [4.69, 9.17) is 5.73 Å². The van der Waals surface area contributed by atoms with Gasteiger partial charge in [0.2, 0.25) is 0 Å². The molecule has 4 aromatic rings. The molecule has 4 N–H and O–H groups in total. The molecule has 0 spiro atoms. The molecule has 3 aromatic heterocycles. The Morgan fingerprint density at radius 2 is 2.00 bits per heavy atom. The zero-order valence-electron chi connectivity index (χ0n) is 14.0. The average molecular weight is 348 g/mol. The number of nitrogens with zero attached hydrogens (tertiary/aromatic N) is 5. The monoisotopic (exact) mass is 348 g/mol. The van der Waals surface area contributed by atoms with Crippen LogP contribution in [0.1, 0.15) is 22.0 Å². The number of benzene rings is 1. The number of carbonyl (C=O) groups excluding carboxylic acids is 1. The number of carbonyl (C=O) groups is 1. The molecule has 0 saturated heterocycles. The minimum Gasteiger partial charge on any atom is -0.324 e. The molecule has 26 heavy (non-hydrogen) atoms. The smallest absolute Gasteiger partial charge is 0.257 e. The van der Waals surface area contributed by atoms with Crippen LogP contribution in [-0.4, -0.2) is 35.7 Å². The van der Waals surface area contributed by atoms with Gasteiger partial charge in [0.05, 0.1) is 12.1 Å². The summed E-state index contributed by atoms with van der Waals surface area (Å²) in [5.74, 6) is 1.70. The zero-order valence-corrected chi connectivity index (χ0v) is 14.0. The van der Waals surface area contributed by atoms with Crippen molar-refractivity contribution in [3.05, 3.63) is 59.8 Å². The molecular weight excluding hydrogens is 332 g/mol. The van der Waals surface area contributed by atoms with Gasteiger partial charge in [-0.3, -0.25) is 14.3 Å². The lowest BCUT2D eigenvalue weighted by atomic mass is 10.2. The maximum Gasteiger partial charge on any atom is 0.257 e. The molecule has 0 saturated carbocycles. The van der Waals surface area contributed by atoms with Crippen LogP contribution in [0, 0.1) is 6.92 Å². The second-order valence-corrected chi connectivity index (χ2v) is 5.73. The van der Waals surface area contributed by atoms with Crippen LogP contribution in [0.15, 0.2) is 42.6 Å². The molecule has 1 amide bonds. The summed E-state index contributed by atoms with van der Waals surface area (Å²) in [5, 5.41) is 17.7. The van der Waals surface area contributed by atoms with Crippen LogP contribution < -0.4 is 11.1 Å². The summed E-state index contributed by atoms with van der Waals surface area (Å²) in [6.45, 7) is 2.14. The van der Waals surface area contributed by atoms with Crippen molar-refractivity contribution in [2.24, 2.45) is 5.73 Å². The van der Waals surface area contributed by atoms with E-state index in [1.54, 1.807) is 34.9 Å². The molecular formula is C17H16N8O. The molecule has 0 aliphatic carbocycles. The summed E-state index contributed by atoms with van der Waals surface area (Å²) < 4.78 is 1.77. The fraction of sp³-hybridized carbons (Fsp3) is 0.118. The third kappa shape index (κ3) is 2.91. The van der Waals surface area contributed by atoms with Gasteiger partial charge in [0.1, 0.15) is 11.6 Å². The van der Waals surface area contributed by atoms with Crippen LogP contribution in [0.2, 0.25) is 0 Å². The highest BCUT2D eigenvalue weighted by Crippen LogP contribution is 2.18. The summed E-state index contributed by atoms with van der Waals surface area (Å²) in [7, 11) is 0. The van der Waals surface area contributed by atoms with Crippen molar-refractivity contribution in [3.63, 3.8) is 0 Å². The maximum atomic E-state index is 12.5. The Labute approximate surface area is 148 Å². The van der Waals surface area contributed by atoms with E-state index >= 15 is 0 Å². The quantitative estimate of drug-likeness (QED) is 0.513. The number of hydrogen-bond donors (Lipinski definition) is 3. The van der Waals surface area contributed by atoms with E-state index in [1.165, 1.54) is 0 Å². The Hall–Kier alpha value is -3.59. The fourth-order valence-corrected chi connectivity index (χ4v) is 2.56. The Balaban J connectivity index is 1.52. The molecule has 1 aromatic carbocycles. The Kier molecular flexibility index (Phi) is 3.90. The van der Waals surface area contributed by atoms with Crippen LogP contribution in [-0.2, 0) is 6.54 Å². The molecule has 0 aliphatic heterocycles. The van der Waals surface area contributed by atoms with Crippen molar-refractivity contribution in [2.75, 3.05) is 5.32 Å². The van der Waals surface area contributed by atoms with Crippen LogP contribution >= 0.6 is 0 Å². The van der Waals surface area contributed by atoms with Crippen LogP contribution in [0.3, 0.4) is 0 Å². The molecule has 4 rings (SSSR count). The second kappa shape index (κ2) is 6.37. The van der Waals surface area contributed by atoms with Gasteiger partial charge < -0.3 is 11.1 Å². The average Bonchev–Trinajstić information content (AvgIpc) is 3.29. The predicted octanol–water partition coefficient (Wildman–Crippen LogP) is 1.53. The first kappa shape index (κ1) is 15.9. The number of hydrogen-bond acceptors (Lipinski definition) is 6. The molecule has 0 unspecified atom stereocenters. The van der Waals surface area contributed by atoms with Gasteiger partial charge in [0.15, 0.2) is 11.5 Å². The number of aromatic nitrogens is 6. The first-order valence-electron chi connectivity index (χ1n) is 7.98. The molecule has 3 heterocycles. The first-order valence-corrected chi connectivity index (χ1v) is 7.98. The number of fused-ring (bicyclic) bond motifs is 1. The lowest BCUT2D eigenvalue weighted by Gasteiger charge is -2.06. The van der Waals surface area contributed by atoms with E-state index in [1.807, 2.05) is 19.1 Å². The van der Waals surface area contributed by atoms with Crippen molar-refractivity contribution in [3.8, 4) is 11.4 Å². The number of nitrogens with one attached hydrogen (secondary N) is 2. The number of pyridine rings is 1. The van der Waals surface area contributed by atoms with E-state index in [0.717, 1.165) is 11.4 Å². The number of anilines is 1. The van der Waals surface area contributed by atoms with Gasteiger partial charge in [0, 0.05) is 17.4 Å². The third-order valence-corrected chi connectivity index (χ3v) is 3.96. The van der Waals surface area contributed by atoms with Crippen molar-refractivity contribution in [2.45, 2.75) is 13.5 Å². The molecule has 9 nitrogen and oxygen atoms in total. The summed E-state index contributed by atoms with van der Waals surface area (Å²) in [6.07, 6.45) is 1.72. The van der Waals surface area contributed by atoms with E-state index < -0.39 is 0 Å². The SMILES string of the molecule is Cc1nnc2ccc(C(=O)Nc3ccc(-c4n[nH]c(CN)n4)cc3)cn12. The number of H-pyrrole nitrogens is 1. The molecule has 0 bridgehead atoms. The van der Waals surface area contributed by atoms with E-state index in [-0.39, 0.29) is 5.91 Å². The van der Waals surface area contributed by atoms with Crippen molar-refractivity contribution in [1.29, 1.82) is 0 Å². The third-order valence-electron chi connectivity index (χ3n) is 3.96. The molecule has 0 fully saturated rings. The minimum absolute atomic E-state index is 0.212. The van der Waals surface area contributed by atoms with Crippen LogP contribution in [0.5, 0.6) is 0 Å². The van der Waals surface area contributed by atoms with Gasteiger partial charge in [-0.1, -0.05) is 0 Å². The van der Waals surface area contributed by atoms with Crippen LogP contribution in [0.25, 0.3) is 17.0 Å². The van der Waals surface area contributed by atoms with Crippen LogP contribution in [0.4, 0.5) is 5.69 Å². The number of aryl methyl sites for hydroxylation is 1. The highest BCUT2D eigenvalue weighted by atomic mass is 16.1. The van der Waals surface area contributed by atoms with Crippen molar-refractivity contribution >= 4 is 17.2 Å². The largest absolute Gasteiger partial charge is 0.324 e. The Bertz CT molecular complexity index is 1080. The number of nitrogens with two attached hydrogens (primary N) is 1. The summed E-state index contributed by atoms with van der Waals surface area (Å²) in [5.41, 5.74) is 8.25.